The molecule has 0 aliphatic heterocycles. The van der Waals surface area contributed by atoms with Crippen molar-refractivity contribution >= 4 is 17.5 Å². The largest absolute Gasteiger partial charge is 0.484 e. The third kappa shape index (κ3) is 3.45. The van der Waals surface area contributed by atoms with E-state index in [4.69, 9.17) is 25.5 Å². The summed E-state index contributed by atoms with van der Waals surface area (Å²) in [6.45, 7) is -3.16. The van der Waals surface area contributed by atoms with Gasteiger partial charge in [-0.2, -0.15) is 8.78 Å². The van der Waals surface area contributed by atoms with Crippen molar-refractivity contribution in [1.29, 1.82) is 0 Å². The van der Waals surface area contributed by atoms with Crippen LogP contribution in [0.5, 0.6) is 5.75 Å². The van der Waals surface area contributed by atoms with Crippen molar-refractivity contribution in [2.45, 2.75) is 61.7 Å². The summed E-state index contributed by atoms with van der Waals surface area (Å²) in [5, 5.41) is 11.0. The van der Waals surface area contributed by atoms with Gasteiger partial charge in [-0.05, 0) is 50.7 Å². The van der Waals surface area contributed by atoms with Gasteiger partial charge in [-0.25, -0.2) is 4.39 Å². The number of benzene rings is 1. The first kappa shape index (κ1) is 20.6. The number of amides is 1. The van der Waals surface area contributed by atoms with Crippen molar-refractivity contribution in [2.24, 2.45) is 0 Å². The van der Waals surface area contributed by atoms with E-state index in [9.17, 15) is 18.0 Å². The number of carbonyl (C=O) groups is 1. The van der Waals surface area contributed by atoms with E-state index >= 15 is 0 Å². The number of hydrogen-bond acceptors (Lipinski definition) is 6. The highest BCUT2D eigenvalue weighted by atomic mass is 35.5. The van der Waals surface area contributed by atoms with Crippen LogP contribution < -0.4 is 10.1 Å². The van der Waals surface area contributed by atoms with Crippen LogP contribution in [-0.2, 0) is 20.5 Å². The summed E-state index contributed by atoms with van der Waals surface area (Å²) in [7, 11) is 0. The van der Waals surface area contributed by atoms with Gasteiger partial charge in [0.25, 0.3) is 5.91 Å². The number of carbonyl (C=O) groups excluding carboxylic acids is 1. The predicted octanol–water partition coefficient (Wildman–Crippen LogP) is 3.85. The maximum absolute atomic E-state index is 13.4. The molecule has 11 heteroatoms. The number of ether oxygens (including phenoxy) is 2. The van der Waals surface area contributed by atoms with E-state index in [1.54, 1.807) is 0 Å². The third-order valence-electron chi connectivity index (χ3n) is 6.44. The van der Waals surface area contributed by atoms with Crippen LogP contribution in [0.2, 0.25) is 5.02 Å². The molecule has 1 heterocycles. The summed E-state index contributed by atoms with van der Waals surface area (Å²) < 4.78 is 54.8. The number of nitrogens with one attached hydrogen (secondary N) is 1. The highest BCUT2D eigenvalue weighted by Gasteiger charge is 2.72. The first-order valence-corrected chi connectivity index (χ1v) is 10.3. The minimum absolute atomic E-state index is 0.0239. The molecule has 166 valence electrons. The number of aromatic nitrogens is 2. The summed E-state index contributed by atoms with van der Waals surface area (Å²) in [6.07, 6.45) is 3.45. The standard InChI is InChI=1S/C20H19ClF3N3O4/c21-12-3-2-11(6-13(12)22)29-7-14(28)25-19-8-18(9-19,10-19)15-26-27-16(30-15)20(4-1-5-20)31-17(23)24/h2-3,6,17H,1,4-5,7-10H2,(H,25,28). The van der Waals surface area contributed by atoms with Gasteiger partial charge in [0.05, 0.1) is 10.4 Å². The van der Waals surface area contributed by atoms with Gasteiger partial charge in [0.15, 0.2) is 12.2 Å². The molecule has 0 unspecified atom stereocenters. The Balaban J connectivity index is 1.15. The lowest BCUT2D eigenvalue weighted by atomic mass is 9.39. The topological polar surface area (TPSA) is 86.5 Å². The summed E-state index contributed by atoms with van der Waals surface area (Å²) in [6, 6.07) is 3.95. The highest BCUT2D eigenvalue weighted by Crippen LogP contribution is 2.67. The van der Waals surface area contributed by atoms with Crippen molar-refractivity contribution in [3.63, 3.8) is 0 Å². The van der Waals surface area contributed by atoms with Gasteiger partial charge < -0.3 is 19.2 Å². The predicted molar refractivity (Wildman–Crippen MR) is 100 cm³/mol. The number of hydrogen-bond donors (Lipinski definition) is 1. The first-order valence-electron chi connectivity index (χ1n) is 9.93. The van der Waals surface area contributed by atoms with Crippen molar-refractivity contribution in [1.82, 2.24) is 15.5 Å². The molecule has 31 heavy (non-hydrogen) atoms. The van der Waals surface area contributed by atoms with Crippen LogP contribution in [-0.4, -0.2) is 34.9 Å². The van der Waals surface area contributed by atoms with Gasteiger partial charge in [0.1, 0.15) is 11.6 Å². The Morgan fingerprint density at radius 3 is 2.55 bits per heavy atom. The second kappa shape index (κ2) is 7.09. The highest BCUT2D eigenvalue weighted by molar-refractivity contribution is 6.30. The van der Waals surface area contributed by atoms with Crippen molar-refractivity contribution in [2.75, 3.05) is 6.61 Å². The molecule has 7 nitrogen and oxygen atoms in total. The maximum Gasteiger partial charge on any atom is 0.346 e. The lowest BCUT2D eigenvalue weighted by Gasteiger charge is -2.68. The molecule has 4 fully saturated rings. The summed E-state index contributed by atoms with van der Waals surface area (Å²) in [4.78, 5) is 12.2. The fraction of sp³-hybridized carbons (Fsp3) is 0.550. The Morgan fingerprint density at radius 1 is 1.23 bits per heavy atom. The number of halogens is 4. The molecule has 1 aromatic carbocycles. The molecular formula is C20H19ClF3N3O4. The molecule has 0 saturated heterocycles. The van der Waals surface area contributed by atoms with Crippen LogP contribution in [0.4, 0.5) is 13.2 Å². The van der Waals surface area contributed by atoms with Crippen LogP contribution in [0.25, 0.3) is 0 Å². The van der Waals surface area contributed by atoms with Crippen molar-refractivity contribution in [3.05, 3.63) is 40.8 Å². The van der Waals surface area contributed by atoms with Crippen LogP contribution in [0.15, 0.2) is 22.6 Å². The Morgan fingerprint density at radius 2 is 1.94 bits per heavy atom. The molecule has 2 aromatic rings. The summed E-state index contributed by atoms with van der Waals surface area (Å²) in [5.41, 5.74) is -1.89. The Hall–Kier alpha value is -2.33. The zero-order valence-electron chi connectivity index (χ0n) is 16.3. The van der Waals surface area contributed by atoms with E-state index in [1.807, 2.05) is 0 Å². The van der Waals surface area contributed by atoms with Crippen molar-refractivity contribution < 1.29 is 31.9 Å². The number of alkyl halides is 2. The lowest BCUT2D eigenvalue weighted by molar-refractivity contribution is -0.248. The molecular weight excluding hydrogens is 439 g/mol. The Labute approximate surface area is 180 Å². The smallest absolute Gasteiger partial charge is 0.346 e. The minimum atomic E-state index is -2.91. The van der Waals surface area contributed by atoms with Crippen LogP contribution in [0.3, 0.4) is 0 Å². The van der Waals surface area contributed by atoms with Crippen LogP contribution >= 0.6 is 11.6 Å². The van der Waals surface area contributed by atoms with E-state index in [0.717, 1.165) is 12.5 Å². The Kier molecular flexibility index (Phi) is 4.71. The van der Waals surface area contributed by atoms with Gasteiger partial charge in [0, 0.05) is 11.6 Å². The second-order valence-electron chi connectivity index (χ2n) is 8.64. The van der Waals surface area contributed by atoms with Gasteiger partial charge >= 0.3 is 6.61 Å². The molecule has 1 amide bonds. The number of nitrogens with zero attached hydrogens (tertiary/aromatic N) is 2. The molecule has 0 spiro atoms. The molecule has 4 aliphatic rings. The Bertz CT molecular complexity index is 1010. The molecule has 0 radical (unpaired) electrons. The SMILES string of the molecule is O=C(COc1ccc(Cl)c(F)c1)NC12CC(c3nnc(C4(OC(F)F)CCC4)o3)(C1)C2. The molecule has 1 N–H and O–H groups in total. The zero-order valence-corrected chi connectivity index (χ0v) is 17.1. The van der Waals surface area contributed by atoms with E-state index in [-0.39, 0.29) is 40.1 Å². The van der Waals surface area contributed by atoms with Crippen LogP contribution in [0, 0.1) is 5.82 Å². The lowest BCUT2D eigenvalue weighted by Crippen LogP contribution is -2.77. The van der Waals surface area contributed by atoms with Crippen LogP contribution in [0.1, 0.15) is 50.3 Å². The monoisotopic (exact) mass is 457 g/mol. The average molecular weight is 458 g/mol. The molecule has 1 aromatic heterocycles. The summed E-state index contributed by atoms with van der Waals surface area (Å²) in [5.74, 6) is -0.243. The quantitative estimate of drug-likeness (QED) is 0.648. The van der Waals surface area contributed by atoms with Gasteiger partial charge in [-0.1, -0.05) is 11.6 Å². The van der Waals surface area contributed by atoms with E-state index in [2.05, 4.69) is 15.5 Å². The third-order valence-corrected chi connectivity index (χ3v) is 6.75. The van der Waals surface area contributed by atoms with E-state index in [1.165, 1.54) is 12.1 Å². The van der Waals surface area contributed by atoms with Gasteiger partial charge in [0.2, 0.25) is 11.8 Å². The molecule has 4 saturated carbocycles. The number of rotatable bonds is 8. The van der Waals surface area contributed by atoms with Gasteiger partial charge in [-0.15, -0.1) is 10.2 Å². The molecule has 0 atom stereocenters. The van der Waals surface area contributed by atoms with E-state index in [0.29, 0.717) is 38.0 Å². The maximum atomic E-state index is 13.4. The molecule has 4 aliphatic carbocycles. The summed E-state index contributed by atoms with van der Waals surface area (Å²) >= 11 is 5.62. The second-order valence-corrected chi connectivity index (χ2v) is 9.05. The van der Waals surface area contributed by atoms with Crippen molar-refractivity contribution in [3.8, 4) is 5.75 Å². The average Bonchev–Trinajstić information content (AvgIpc) is 3.10. The normalized spacial score (nSPS) is 27.8. The van der Waals surface area contributed by atoms with Gasteiger partial charge in [-0.3, -0.25) is 4.79 Å². The fourth-order valence-electron chi connectivity index (χ4n) is 4.87. The first-order chi connectivity index (χ1) is 14.7. The van der Waals surface area contributed by atoms with E-state index < -0.39 is 18.0 Å². The fourth-order valence-corrected chi connectivity index (χ4v) is 4.98. The molecule has 6 rings (SSSR count). The molecule has 2 bridgehead atoms. The minimum Gasteiger partial charge on any atom is -0.484 e. The zero-order chi connectivity index (χ0) is 21.9.